The topological polar surface area (TPSA) is 119 Å². The Labute approximate surface area is 81.4 Å². The Hall–Kier alpha value is -0.650. The van der Waals surface area contributed by atoms with E-state index in [2.05, 4.69) is 4.62 Å². The van der Waals surface area contributed by atoms with Crippen molar-refractivity contribution in [3.8, 4) is 0 Å². The van der Waals surface area contributed by atoms with Crippen molar-refractivity contribution in [3.63, 3.8) is 0 Å². The molecule has 0 amide bonds. The minimum atomic E-state index is -3.01. The number of nitrogens with zero attached hydrogens (tertiary/aromatic N) is 2. The zero-order valence-electron chi connectivity index (χ0n) is 7.07. The molecule has 8 nitrogen and oxygen atoms in total. The molecule has 1 heterocycles. The van der Waals surface area contributed by atoms with Gasteiger partial charge in [-0.2, -0.15) is 4.89 Å². The first-order chi connectivity index (χ1) is 6.50. The van der Waals surface area contributed by atoms with Crippen LogP contribution in [0.2, 0.25) is 0 Å². The summed E-state index contributed by atoms with van der Waals surface area (Å²) < 4.78 is 26.4. The normalized spacial score (nSPS) is 18.9. The van der Waals surface area contributed by atoms with Crippen LogP contribution in [0.5, 0.6) is 0 Å². The van der Waals surface area contributed by atoms with Gasteiger partial charge in [-0.15, -0.1) is 0 Å². The molecule has 0 saturated carbocycles. The maximum Gasteiger partial charge on any atom is 0.543 e. The fourth-order valence-corrected chi connectivity index (χ4v) is 1.96. The molecule has 1 aliphatic heterocycles. The Morgan fingerprint density at radius 3 is 2.86 bits per heavy atom. The van der Waals surface area contributed by atoms with Crippen molar-refractivity contribution in [2.75, 3.05) is 19.4 Å². The summed E-state index contributed by atoms with van der Waals surface area (Å²) in [4.78, 5) is 18.8. The van der Waals surface area contributed by atoms with E-state index in [-0.39, 0.29) is 18.8 Å². The lowest BCUT2D eigenvalue weighted by Gasteiger charge is -1.99. The second-order valence-corrected chi connectivity index (χ2v) is 4.12. The van der Waals surface area contributed by atoms with Gasteiger partial charge in [0.15, 0.2) is 0 Å². The van der Waals surface area contributed by atoms with Crippen molar-refractivity contribution in [3.05, 3.63) is 0 Å². The maximum atomic E-state index is 10.5. The van der Waals surface area contributed by atoms with E-state index in [4.69, 9.17) is 10.6 Å². The molecule has 0 radical (unpaired) electrons. The molecule has 3 N–H and O–H groups in total. The van der Waals surface area contributed by atoms with E-state index in [1.807, 2.05) is 0 Å². The summed E-state index contributed by atoms with van der Waals surface area (Å²) in [7, 11) is -5.35. The van der Waals surface area contributed by atoms with Gasteiger partial charge in [0.1, 0.15) is 13.1 Å². The summed E-state index contributed by atoms with van der Waals surface area (Å²) in [5.74, 6) is 0.0293. The van der Waals surface area contributed by atoms with Gasteiger partial charge in [0.05, 0.1) is 0 Å². The quantitative estimate of drug-likeness (QED) is 0.443. The Morgan fingerprint density at radius 1 is 1.71 bits per heavy atom. The average Bonchev–Trinajstić information content (AvgIpc) is 2.34. The fourth-order valence-electron chi connectivity index (χ4n) is 1.05. The lowest BCUT2D eigenvalue weighted by Crippen LogP contribution is -2.35. The van der Waals surface area contributed by atoms with Gasteiger partial charge in [-0.3, -0.25) is 5.73 Å². The van der Waals surface area contributed by atoms with Gasteiger partial charge in [0, 0.05) is 4.62 Å². The third-order valence-corrected chi connectivity index (χ3v) is 2.52. The largest absolute Gasteiger partial charge is 0.564 e. The van der Waals surface area contributed by atoms with Crippen LogP contribution in [0.1, 0.15) is 0 Å². The number of hydroxylamine groups is 2. The zero-order chi connectivity index (χ0) is 10.7. The van der Waals surface area contributed by atoms with Crippen LogP contribution in [0.25, 0.3) is 0 Å². The van der Waals surface area contributed by atoms with E-state index in [0.717, 1.165) is 5.06 Å². The summed E-state index contributed by atoms with van der Waals surface area (Å²) in [6, 6.07) is 0. The van der Waals surface area contributed by atoms with Gasteiger partial charge in [0.25, 0.3) is 6.29 Å². The molecule has 0 bridgehead atoms. The molecule has 2 unspecified atom stereocenters. The molecule has 0 aromatic carbocycles. The van der Waals surface area contributed by atoms with E-state index in [0.29, 0.717) is 6.54 Å². The fraction of sp³-hybridized carbons (Fsp3) is 0.750. The highest BCUT2D eigenvalue weighted by atomic mass is 31.1. The molecule has 0 saturated heterocycles. The molecule has 2 atom stereocenters. The van der Waals surface area contributed by atoms with Crippen LogP contribution in [0, 0.1) is 0 Å². The van der Waals surface area contributed by atoms with E-state index in [9.17, 15) is 14.0 Å². The Bertz CT molecular complexity index is 305. The molecule has 14 heavy (non-hydrogen) atoms. The van der Waals surface area contributed by atoms with Gasteiger partial charge in [-0.1, -0.05) is 5.06 Å². The Balaban J connectivity index is 2.64. The predicted octanol–water partition coefficient (Wildman–Crippen LogP) is -1.73. The summed E-state index contributed by atoms with van der Waals surface area (Å²) in [5, 5.41) is 0.963. The molecule has 0 aromatic rings. The van der Waals surface area contributed by atoms with Gasteiger partial charge in [0.2, 0.25) is 0 Å². The Morgan fingerprint density at radius 2 is 2.36 bits per heavy atom. The van der Waals surface area contributed by atoms with Crippen LogP contribution in [-0.4, -0.2) is 39.9 Å². The maximum absolute atomic E-state index is 10.5. The smallest absolute Gasteiger partial charge is 0.543 e. The summed E-state index contributed by atoms with van der Waals surface area (Å²) >= 11 is 0. The molecule has 0 fully saturated rings. The summed E-state index contributed by atoms with van der Waals surface area (Å²) in [5.41, 5.74) is 5.46. The highest BCUT2D eigenvalue weighted by Crippen LogP contribution is 2.17. The van der Waals surface area contributed by atoms with Gasteiger partial charge in [-0.25, -0.2) is 4.58 Å². The molecule has 0 aromatic heterocycles. The summed E-state index contributed by atoms with van der Waals surface area (Å²) in [6.45, 7) is 0.606. The van der Waals surface area contributed by atoms with Crippen molar-refractivity contribution in [2.45, 2.75) is 0 Å². The van der Waals surface area contributed by atoms with Gasteiger partial charge < -0.3 is 4.89 Å². The molecule has 0 spiro atoms. The second kappa shape index (κ2) is 4.72. The van der Waals surface area contributed by atoms with Gasteiger partial charge in [-0.05, 0) is 9.13 Å². The third kappa shape index (κ3) is 2.94. The predicted molar refractivity (Wildman–Crippen MR) is 44.4 cm³/mol. The average molecular weight is 241 g/mol. The van der Waals surface area contributed by atoms with Crippen LogP contribution in [0.15, 0.2) is 0 Å². The van der Waals surface area contributed by atoms with Crippen LogP contribution in [-0.2, 0) is 13.8 Å². The molecular weight excluding hydrogens is 232 g/mol. The standard InChI is InChI=1S/C4H7N3O5P2/c5-4-6(3-13(8)9)1-2-7(4)12-14(10)11/h5H,1-3H2/p+2. The van der Waals surface area contributed by atoms with Crippen LogP contribution in [0.3, 0.4) is 0 Å². The number of rotatable bonds is 4. The van der Waals surface area contributed by atoms with E-state index < -0.39 is 16.3 Å². The lowest BCUT2D eigenvalue weighted by atomic mass is 10.7. The van der Waals surface area contributed by atoms with Crippen LogP contribution in [0.4, 0.5) is 0 Å². The SMILES string of the molecule is NC1=[N+](C[P+](=O)O)CCN1O[P+](=O)[O-]. The molecule has 1 aliphatic rings. The molecule has 0 aliphatic carbocycles. The number of nitrogens with two attached hydrogens (primary N) is 1. The van der Waals surface area contributed by atoms with Crippen molar-refractivity contribution in [2.24, 2.45) is 5.73 Å². The highest BCUT2D eigenvalue weighted by molar-refractivity contribution is 7.37. The molecule has 10 heteroatoms. The zero-order valence-corrected chi connectivity index (χ0v) is 8.86. The second-order valence-electron chi connectivity index (χ2n) is 2.52. The first kappa shape index (κ1) is 11.4. The van der Waals surface area contributed by atoms with Crippen LogP contribution < -0.4 is 10.6 Å². The number of guanidine groups is 1. The van der Waals surface area contributed by atoms with Crippen molar-refractivity contribution in [1.82, 2.24) is 5.06 Å². The van der Waals surface area contributed by atoms with Crippen molar-refractivity contribution >= 4 is 22.2 Å². The van der Waals surface area contributed by atoms with Crippen molar-refractivity contribution < 1.29 is 28.1 Å². The van der Waals surface area contributed by atoms with E-state index >= 15 is 0 Å². The monoisotopic (exact) mass is 241 g/mol. The first-order valence-corrected chi connectivity index (χ1v) is 6.11. The highest BCUT2D eigenvalue weighted by Gasteiger charge is 2.35. The number of hydrogen-bond acceptors (Lipinski definition) is 6. The number of hydrogen-bond donors (Lipinski definition) is 2. The minimum absolute atomic E-state index is 0.0293. The van der Waals surface area contributed by atoms with Crippen molar-refractivity contribution in [1.29, 1.82) is 0 Å². The minimum Gasteiger partial charge on any atom is -0.564 e. The Kier molecular flexibility index (Phi) is 3.86. The molecule has 78 valence electrons. The first-order valence-electron chi connectivity index (χ1n) is 3.61. The van der Waals surface area contributed by atoms with Gasteiger partial charge >= 0.3 is 22.2 Å². The van der Waals surface area contributed by atoms with E-state index in [1.54, 1.807) is 0 Å². The third-order valence-electron chi connectivity index (χ3n) is 1.61. The molecular formula is C4H9N3O5P2+2. The van der Waals surface area contributed by atoms with E-state index in [1.165, 1.54) is 4.58 Å². The molecule has 1 rings (SSSR count). The lowest BCUT2D eigenvalue weighted by molar-refractivity contribution is -0.500. The summed E-state index contributed by atoms with van der Waals surface area (Å²) in [6.07, 6.45) is -0.128. The van der Waals surface area contributed by atoms with Crippen LogP contribution >= 0.6 is 16.3 Å².